The Bertz CT molecular complexity index is 891. The number of fused-ring (bicyclic) bond motifs is 1. The summed E-state index contributed by atoms with van der Waals surface area (Å²) in [6, 6.07) is 16.3. The first kappa shape index (κ1) is 18.2. The Labute approximate surface area is 155 Å². The number of carbonyl (C=O) groups excluding carboxylic acids is 1. The van der Waals surface area contributed by atoms with Crippen molar-refractivity contribution in [3.05, 3.63) is 54.1 Å². The highest BCUT2D eigenvalue weighted by atomic mass is 16.2. The maximum Gasteiger partial charge on any atom is 0.242 e. The average Bonchev–Trinajstić information content (AvgIpc) is 3.00. The zero-order chi connectivity index (χ0) is 18.5. The van der Waals surface area contributed by atoms with Crippen molar-refractivity contribution in [3.8, 4) is 11.4 Å². The molecule has 0 N–H and O–H groups in total. The van der Waals surface area contributed by atoms with Crippen LogP contribution < -0.4 is 0 Å². The van der Waals surface area contributed by atoms with Gasteiger partial charge in [-0.3, -0.25) is 4.79 Å². The number of para-hydroxylation sites is 2. The number of carbonyl (C=O) groups is 1. The lowest BCUT2D eigenvalue weighted by molar-refractivity contribution is -0.131. The maximum atomic E-state index is 13.0. The molecule has 0 radical (unpaired) electrons. The molecule has 3 aromatic rings. The van der Waals surface area contributed by atoms with Gasteiger partial charge in [0.15, 0.2) is 0 Å². The van der Waals surface area contributed by atoms with E-state index in [0.717, 1.165) is 53.9 Å². The van der Waals surface area contributed by atoms with Gasteiger partial charge >= 0.3 is 0 Å². The number of amides is 1. The van der Waals surface area contributed by atoms with Gasteiger partial charge < -0.3 is 9.47 Å². The van der Waals surface area contributed by atoms with E-state index >= 15 is 0 Å². The van der Waals surface area contributed by atoms with Gasteiger partial charge in [-0.2, -0.15) is 0 Å². The third-order valence-corrected chi connectivity index (χ3v) is 4.67. The largest absolute Gasteiger partial charge is 0.341 e. The van der Waals surface area contributed by atoms with Crippen molar-refractivity contribution in [3.63, 3.8) is 0 Å². The number of hydrogen-bond acceptors (Lipinski definition) is 2. The number of benzene rings is 2. The van der Waals surface area contributed by atoms with E-state index in [1.165, 1.54) is 0 Å². The Balaban J connectivity index is 2.05. The molecule has 0 bridgehead atoms. The summed E-state index contributed by atoms with van der Waals surface area (Å²) in [5.41, 5.74) is 4.17. The Morgan fingerprint density at radius 3 is 2.35 bits per heavy atom. The number of aromatic nitrogens is 2. The van der Waals surface area contributed by atoms with Gasteiger partial charge in [0.1, 0.15) is 12.4 Å². The number of hydrogen-bond donors (Lipinski definition) is 0. The van der Waals surface area contributed by atoms with Gasteiger partial charge in [0, 0.05) is 18.7 Å². The molecule has 0 atom stereocenters. The van der Waals surface area contributed by atoms with Crippen LogP contribution >= 0.6 is 0 Å². The molecule has 0 fully saturated rings. The number of nitrogens with zero attached hydrogens (tertiary/aromatic N) is 3. The number of imidazole rings is 1. The minimum absolute atomic E-state index is 0.159. The normalized spacial score (nSPS) is 11.0. The van der Waals surface area contributed by atoms with E-state index in [4.69, 9.17) is 4.98 Å². The third kappa shape index (κ3) is 3.64. The van der Waals surface area contributed by atoms with E-state index in [1.807, 2.05) is 41.3 Å². The molecule has 4 nitrogen and oxygen atoms in total. The van der Waals surface area contributed by atoms with E-state index in [2.05, 4.69) is 37.5 Å². The zero-order valence-corrected chi connectivity index (χ0v) is 15.9. The van der Waals surface area contributed by atoms with Gasteiger partial charge in [-0.05, 0) is 37.5 Å². The molecule has 1 aromatic heterocycles. The van der Waals surface area contributed by atoms with Gasteiger partial charge in [-0.1, -0.05) is 50.2 Å². The van der Waals surface area contributed by atoms with Crippen molar-refractivity contribution in [1.82, 2.24) is 14.5 Å². The Morgan fingerprint density at radius 2 is 1.65 bits per heavy atom. The van der Waals surface area contributed by atoms with E-state index in [0.29, 0.717) is 6.54 Å². The smallest absolute Gasteiger partial charge is 0.242 e. The fraction of sp³-hybridized carbons (Fsp3) is 0.364. The predicted octanol–water partition coefficient (Wildman–Crippen LogP) is 4.66. The lowest BCUT2D eigenvalue weighted by Crippen LogP contribution is -2.35. The number of rotatable bonds is 7. The molecule has 1 amide bonds. The lowest BCUT2D eigenvalue weighted by atomic mass is 10.1. The molecule has 0 saturated carbocycles. The van der Waals surface area contributed by atoms with Crippen molar-refractivity contribution in [2.24, 2.45) is 0 Å². The van der Waals surface area contributed by atoms with Crippen LogP contribution in [0.3, 0.4) is 0 Å². The molecule has 0 unspecified atom stereocenters. The van der Waals surface area contributed by atoms with Crippen molar-refractivity contribution >= 4 is 16.9 Å². The molecular weight excluding hydrogens is 322 g/mol. The summed E-state index contributed by atoms with van der Waals surface area (Å²) < 4.78 is 2.07. The highest BCUT2D eigenvalue weighted by molar-refractivity contribution is 5.85. The molecule has 4 heteroatoms. The van der Waals surface area contributed by atoms with Crippen molar-refractivity contribution in [2.75, 3.05) is 13.1 Å². The molecule has 0 spiro atoms. The zero-order valence-electron chi connectivity index (χ0n) is 15.9. The first-order chi connectivity index (χ1) is 12.7. The SMILES string of the molecule is CCCN(CCC)C(=O)Cn1c(-c2ccccc2C)nc2ccccc21. The summed E-state index contributed by atoms with van der Waals surface area (Å²) in [4.78, 5) is 19.8. The summed E-state index contributed by atoms with van der Waals surface area (Å²) in [7, 11) is 0. The van der Waals surface area contributed by atoms with Crippen LogP contribution in [-0.4, -0.2) is 33.4 Å². The van der Waals surface area contributed by atoms with Crippen molar-refractivity contribution in [2.45, 2.75) is 40.2 Å². The van der Waals surface area contributed by atoms with Crippen LogP contribution in [0.25, 0.3) is 22.4 Å². The Morgan fingerprint density at radius 1 is 1.00 bits per heavy atom. The highest BCUT2D eigenvalue weighted by Gasteiger charge is 2.19. The van der Waals surface area contributed by atoms with E-state index in [-0.39, 0.29) is 5.91 Å². The molecule has 2 aromatic carbocycles. The highest BCUT2D eigenvalue weighted by Crippen LogP contribution is 2.27. The van der Waals surface area contributed by atoms with Gasteiger partial charge in [-0.25, -0.2) is 4.98 Å². The number of aryl methyl sites for hydroxylation is 1. The molecule has 0 saturated heterocycles. The molecule has 0 aliphatic rings. The average molecular weight is 349 g/mol. The van der Waals surface area contributed by atoms with Crippen LogP contribution in [0, 0.1) is 6.92 Å². The fourth-order valence-electron chi connectivity index (χ4n) is 3.40. The maximum absolute atomic E-state index is 13.0. The Kier molecular flexibility index (Phi) is 5.71. The van der Waals surface area contributed by atoms with Crippen LogP contribution in [0.1, 0.15) is 32.3 Å². The second-order valence-electron chi connectivity index (χ2n) is 6.71. The fourth-order valence-corrected chi connectivity index (χ4v) is 3.40. The van der Waals surface area contributed by atoms with Gasteiger partial charge in [-0.15, -0.1) is 0 Å². The summed E-state index contributed by atoms with van der Waals surface area (Å²) in [5.74, 6) is 1.03. The summed E-state index contributed by atoms with van der Waals surface area (Å²) in [6.45, 7) is 8.24. The third-order valence-electron chi connectivity index (χ3n) is 4.67. The first-order valence-corrected chi connectivity index (χ1v) is 9.44. The van der Waals surface area contributed by atoms with Crippen LogP contribution in [0.15, 0.2) is 48.5 Å². The minimum Gasteiger partial charge on any atom is -0.341 e. The van der Waals surface area contributed by atoms with Crippen LogP contribution in [0.2, 0.25) is 0 Å². The van der Waals surface area contributed by atoms with Crippen molar-refractivity contribution < 1.29 is 4.79 Å². The van der Waals surface area contributed by atoms with Crippen LogP contribution in [0.4, 0.5) is 0 Å². The Hall–Kier alpha value is -2.62. The van der Waals surface area contributed by atoms with Gasteiger partial charge in [0.05, 0.1) is 11.0 Å². The minimum atomic E-state index is 0.159. The molecule has 3 rings (SSSR count). The quantitative estimate of drug-likeness (QED) is 0.622. The lowest BCUT2D eigenvalue weighted by Gasteiger charge is -2.22. The molecule has 1 heterocycles. The predicted molar refractivity (Wildman–Crippen MR) is 107 cm³/mol. The standard InChI is InChI=1S/C22H27N3O/c1-4-14-24(15-5-2)21(26)16-25-20-13-9-8-12-19(20)23-22(25)18-11-7-6-10-17(18)3/h6-13H,4-5,14-16H2,1-3H3. The molecule has 136 valence electrons. The second kappa shape index (κ2) is 8.17. The molecule has 26 heavy (non-hydrogen) atoms. The second-order valence-corrected chi connectivity index (χ2v) is 6.71. The van der Waals surface area contributed by atoms with Crippen LogP contribution in [0.5, 0.6) is 0 Å². The topological polar surface area (TPSA) is 38.1 Å². The summed E-state index contributed by atoms with van der Waals surface area (Å²) >= 11 is 0. The van der Waals surface area contributed by atoms with E-state index in [1.54, 1.807) is 0 Å². The molecule has 0 aliphatic carbocycles. The van der Waals surface area contributed by atoms with E-state index in [9.17, 15) is 4.79 Å². The first-order valence-electron chi connectivity index (χ1n) is 9.44. The summed E-state index contributed by atoms with van der Waals surface area (Å²) in [5, 5.41) is 0. The van der Waals surface area contributed by atoms with Crippen molar-refractivity contribution in [1.29, 1.82) is 0 Å². The van der Waals surface area contributed by atoms with E-state index < -0.39 is 0 Å². The van der Waals surface area contributed by atoms with Gasteiger partial charge in [0.2, 0.25) is 5.91 Å². The summed E-state index contributed by atoms with van der Waals surface area (Å²) in [6.07, 6.45) is 1.95. The molecule has 0 aliphatic heterocycles. The molecular formula is C22H27N3O. The van der Waals surface area contributed by atoms with Crippen LogP contribution in [-0.2, 0) is 11.3 Å². The monoisotopic (exact) mass is 349 g/mol. The van der Waals surface area contributed by atoms with Gasteiger partial charge in [0.25, 0.3) is 0 Å².